The second-order valence-electron chi connectivity index (χ2n) is 4.90. The number of likely N-dealkylation sites (N-methyl/N-ethyl adjacent to an activating group) is 1. The molecule has 1 aromatic rings. The first kappa shape index (κ1) is 15.4. The molecule has 1 atom stereocenters. The lowest BCUT2D eigenvalue weighted by Crippen LogP contribution is -2.43. The summed E-state index contributed by atoms with van der Waals surface area (Å²) in [6.45, 7) is 6.34. The molecule has 0 aliphatic heterocycles. The molecule has 106 valence electrons. The lowest BCUT2D eigenvalue weighted by molar-refractivity contribution is -0.125. The molecule has 19 heavy (non-hydrogen) atoms. The maximum atomic E-state index is 11.7. The third-order valence-electron chi connectivity index (χ3n) is 3.14. The number of carbonyl (C=O) groups is 1. The van der Waals surface area contributed by atoms with Crippen molar-refractivity contribution in [3.05, 3.63) is 27.9 Å². The van der Waals surface area contributed by atoms with Crippen molar-refractivity contribution in [2.45, 2.75) is 33.4 Å². The number of hydrogen-bond acceptors (Lipinski definition) is 4. The van der Waals surface area contributed by atoms with Crippen LogP contribution in [0.15, 0.2) is 10.9 Å². The average molecular weight is 266 g/mol. The summed E-state index contributed by atoms with van der Waals surface area (Å²) in [4.78, 5) is 29.2. The predicted octanol–water partition coefficient (Wildman–Crippen LogP) is -0.0736. The Morgan fingerprint density at radius 2 is 2.11 bits per heavy atom. The van der Waals surface area contributed by atoms with Gasteiger partial charge in [0.1, 0.15) is 0 Å². The van der Waals surface area contributed by atoms with Crippen molar-refractivity contribution in [1.29, 1.82) is 0 Å². The van der Waals surface area contributed by atoms with Crippen molar-refractivity contribution in [2.24, 2.45) is 0 Å². The van der Waals surface area contributed by atoms with E-state index >= 15 is 0 Å². The van der Waals surface area contributed by atoms with Crippen molar-refractivity contribution in [3.63, 3.8) is 0 Å². The maximum Gasteiger partial charge on any atom is 0.348 e. The summed E-state index contributed by atoms with van der Waals surface area (Å²) in [5.74, 6) is -0.0456. The molecule has 1 aromatic heterocycles. The van der Waals surface area contributed by atoms with Crippen LogP contribution in [-0.2, 0) is 11.3 Å². The van der Waals surface area contributed by atoms with Crippen LogP contribution in [0.3, 0.4) is 0 Å². The number of hydrogen-bond donors (Lipinski definition) is 1. The normalized spacial score (nSPS) is 12.5. The van der Waals surface area contributed by atoms with Gasteiger partial charge in [0.2, 0.25) is 5.91 Å². The van der Waals surface area contributed by atoms with Gasteiger partial charge in [0, 0.05) is 24.5 Å². The minimum atomic E-state index is -0.271. The zero-order chi connectivity index (χ0) is 14.6. The van der Waals surface area contributed by atoms with Crippen LogP contribution in [0.25, 0.3) is 0 Å². The fourth-order valence-electron chi connectivity index (χ4n) is 1.72. The van der Waals surface area contributed by atoms with E-state index in [0.717, 1.165) is 5.69 Å². The van der Waals surface area contributed by atoms with E-state index < -0.39 is 0 Å². The Morgan fingerprint density at radius 3 is 2.63 bits per heavy atom. The SMILES string of the molecule is Cc1cc(C)n(CCNC(=O)[C@@H](C)N(C)C)c(=O)n1. The van der Waals surface area contributed by atoms with Crippen LogP contribution in [0.4, 0.5) is 0 Å². The first-order valence-corrected chi connectivity index (χ1v) is 6.32. The minimum absolute atomic E-state index is 0.0456. The fraction of sp³-hybridized carbons (Fsp3) is 0.615. The molecule has 0 aliphatic carbocycles. The fourth-order valence-corrected chi connectivity index (χ4v) is 1.72. The molecule has 1 heterocycles. The topological polar surface area (TPSA) is 67.2 Å². The molecule has 0 fully saturated rings. The molecule has 1 rings (SSSR count). The molecule has 0 aliphatic rings. The Kier molecular flexibility index (Phi) is 5.23. The van der Waals surface area contributed by atoms with Crippen molar-refractivity contribution in [1.82, 2.24) is 19.8 Å². The van der Waals surface area contributed by atoms with Crippen LogP contribution in [0.5, 0.6) is 0 Å². The van der Waals surface area contributed by atoms with Gasteiger partial charge in [-0.2, -0.15) is 4.98 Å². The molecule has 1 N–H and O–H groups in total. The third kappa shape index (κ3) is 4.17. The van der Waals surface area contributed by atoms with Crippen molar-refractivity contribution in [3.8, 4) is 0 Å². The number of aromatic nitrogens is 2. The van der Waals surface area contributed by atoms with E-state index in [-0.39, 0.29) is 17.6 Å². The number of rotatable bonds is 5. The maximum absolute atomic E-state index is 11.7. The molecular formula is C13H22N4O2. The Labute approximate surface area is 113 Å². The molecule has 0 saturated heterocycles. The smallest absolute Gasteiger partial charge is 0.348 e. The van der Waals surface area contributed by atoms with Gasteiger partial charge in [0.15, 0.2) is 0 Å². The zero-order valence-electron chi connectivity index (χ0n) is 12.2. The minimum Gasteiger partial charge on any atom is -0.353 e. The molecule has 0 aromatic carbocycles. The summed E-state index contributed by atoms with van der Waals surface area (Å²) in [5, 5.41) is 2.81. The molecule has 6 heteroatoms. The van der Waals surface area contributed by atoms with E-state index in [4.69, 9.17) is 0 Å². The van der Waals surface area contributed by atoms with E-state index in [1.54, 1.807) is 11.5 Å². The van der Waals surface area contributed by atoms with E-state index in [2.05, 4.69) is 10.3 Å². The summed E-state index contributed by atoms with van der Waals surface area (Å²) in [6, 6.07) is 1.67. The Balaban J connectivity index is 2.60. The highest BCUT2D eigenvalue weighted by molar-refractivity contribution is 5.81. The van der Waals surface area contributed by atoms with Crippen LogP contribution in [0.1, 0.15) is 18.3 Å². The van der Waals surface area contributed by atoms with E-state index in [0.29, 0.717) is 18.8 Å². The lowest BCUT2D eigenvalue weighted by atomic mass is 10.3. The van der Waals surface area contributed by atoms with Crippen LogP contribution < -0.4 is 11.0 Å². The Bertz CT molecular complexity index is 508. The van der Waals surface area contributed by atoms with Gasteiger partial charge in [-0.3, -0.25) is 14.3 Å². The van der Waals surface area contributed by atoms with Crippen LogP contribution in [-0.4, -0.2) is 47.0 Å². The standard InChI is InChI=1S/C13H22N4O2/c1-9-8-10(2)17(13(19)15-9)7-6-14-12(18)11(3)16(4)5/h8,11H,6-7H2,1-5H3,(H,14,18)/t11-/m1/s1. The molecule has 0 saturated carbocycles. The van der Waals surface area contributed by atoms with Crippen LogP contribution >= 0.6 is 0 Å². The summed E-state index contributed by atoms with van der Waals surface area (Å²) < 4.78 is 1.56. The second kappa shape index (κ2) is 6.47. The highest BCUT2D eigenvalue weighted by Gasteiger charge is 2.14. The summed E-state index contributed by atoms with van der Waals surface area (Å²) in [5.41, 5.74) is 1.30. The van der Waals surface area contributed by atoms with E-state index in [9.17, 15) is 9.59 Å². The van der Waals surface area contributed by atoms with Crippen molar-refractivity contribution < 1.29 is 4.79 Å². The summed E-state index contributed by atoms with van der Waals surface area (Å²) in [7, 11) is 3.70. The van der Waals surface area contributed by atoms with Gasteiger partial charge < -0.3 is 5.32 Å². The molecule has 0 spiro atoms. The van der Waals surface area contributed by atoms with Crippen molar-refractivity contribution in [2.75, 3.05) is 20.6 Å². The van der Waals surface area contributed by atoms with Gasteiger partial charge in [0.05, 0.1) is 6.04 Å². The number of amides is 1. The number of nitrogens with zero attached hydrogens (tertiary/aromatic N) is 3. The largest absolute Gasteiger partial charge is 0.353 e. The lowest BCUT2D eigenvalue weighted by Gasteiger charge is -2.19. The second-order valence-corrected chi connectivity index (χ2v) is 4.90. The summed E-state index contributed by atoms with van der Waals surface area (Å²) in [6.07, 6.45) is 0. The quantitative estimate of drug-likeness (QED) is 0.810. The average Bonchev–Trinajstić information content (AvgIpc) is 2.30. The van der Waals surface area contributed by atoms with E-state index in [1.165, 1.54) is 0 Å². The van der Waals surface area contributed by atoms with Crippen LogP contribution in [0.2, 0.25) is 0 Å². The molecule has 0 radical (unpaired) electrons. The molecule has 1 amide bonds. The number of nitrogens with one attached hydrogen (secondary N) is 1. The summed E-state index contributed by atoms with van der Waals surface area (Å²) >= 11 is 0. The van der Waals surface area contributed by atoms with Gasteiger partial charge in [-0.25, -0.2) is 4.79 Å². The number of carbonyl (C=O) groups excluding carboxylic acids is 1. The Morgan fingerprint density at radius 1 is 1.47 bits per heavy atom. The van der Waals surface area contributed by atoms with Gasteiger partial charge in [-0.15, -0.1) is 0 Å². The van der Waals surface area contributed by atoms with Gasteiger partial charge in [-0.05, 0) is 40.9 Å². The molecule has 0 unspecified atom stereocenters. The highest BCUT2D eigenvalue weighted by Crippen LogP contribution is 1.96. The predicted molar refractivity (Wildman–Crippen MR) is 74.1 cm³/mol. The first-order chi connectivity index (χ1) is 8.82. The Hall–Kier alpha value is -1.69. The number of aryl methyl sites for hydroxylation is 2. The molecule has 6 nitrogen and oxygen atoms in total. The molecule has 0 bridgehead atoms. The highest BCUT2D eigenvalue weighted by atomic mass is 16.2. The monoisotopic (exact) mass is 266 g/mol. The van der Waals surface area contributed by atoms with Gasteiger partial charge >= 0.3 is 5.69 Å². The third-order valence-corrected chi connectivity index (χ3v) is 3.14. The zero-order valence-corrected chi connectivity index (χ0v) is 12.2. The van der Waals surface area contributed by atoms with Gasteiger partial charge in [-0.1, -0.05) is 0 Å². The van der Waals surface area contributed by atoms with Gasteiger partial charge in [0.25, 0.3) is 0 Å². The first-order valence-electron chi connectivity index (χ1n) is 6.32. The van der Waals surface area contributed by atoms with Crippen molar-refractivity contribution >= 4 is 5.91 Å². The van der Waals surface area contributed by atoms with E-state index in [1.807, 2.05) is 38.9 Å². The van der Waals surface area contributed by atoms with Crippen LogP contribution in [0, 0.1) is 13.8 Å². The molecular weight excluding hydrogens is 244 g/mol.